The number of anilines is 2. The number of alkyl halides is 3. The SMILES string of the molecule is Cc1ccc(N2C(=O)[C@](Nc3nccs3)(C(F)(F)F)C3=C2CC(C)(C)CC3=O)cc1. The fourth-order valence-corrected chi connectivity index (χ4v) is 4.75. The summed E-state index contributed by atoms with van der Waals surface area (Å²) in [4.78, 5) is 31.5. The Kier molecular flexibility index (Phi) is 4.57. The molecule has 1 aliphatic heterocycles. The number of hydrogen-bond acceptors (Lipinski definition) is 5. The standard InChI is InChI=1S/C21H20F3N3O2S/c1-12-4-6-13(7-5-12)27-14-10-19(2,3)11-15(28)16(14)20(17(27)29,21(22,23)24)26-18-25-8-9-30-18/h4-9H,10-11H2,1-3H3,(H,25,26)/t20-/m0/s1. The van der Waals surface area contributed by atoms with E-state index < -0.39 is 34.4 Å². The lowest BCUT2D eigenvalue weighted by atomic mass is 9.72. The van der Waals surface area contributed by atoms with Crippen LogP contribution in [0.5, 0.6) is 0 Å². The topological polar surface area (TPSA) is 62.3 Å². The van der Waals surface area contributed by atoms with Gasteiger partial charge in [0.25, 0.3) is 5.91 Å². The summed E-state index contributed by atoms with van der Waals surface area (Å²) in [5.74, 6) is -1.91. The van der Waals surface area contributed by atoms with Crippen LogP contribution < -0.4 is 10.2 Å². The molecule has 158 valence electrons. The highest BCUT2D eigenvalue weighted by atomic mass is 32.1. The molecule has 0 radical (unpaired) electrons. The number of carbonyl (C=O) groups is 2. The smallest absolute Gasteiger partial charge is 0.336 e. The monoisotopic (exact) mass is 435 g/mol. The molecule has 9 heteroatoms. The molecule has 1 atom stereocenters. The Balaban J connectivity index is 1.98. The van der Waals surface area contributed by atoms with Crippen LogP contribution in [0.25, 0.3) is 0 Å². The molecule has 30 heavy (non-hydrogen) atoms. The van der Waals surface area contributed by atoms with E-state index in [1.54, 1.807) is 24.3 Å². The first-order valence-corrected chi connectivity index (χ1v) is 10.3. The van der Waals surface area contributed by atoms with E-state index in [1.165, 1.54) is 11.6 Å². The van der Waals surface area contributed by atoms with Gasteiger partial charge in [-0.3, -0.25) is 14.5 Å². The molecule has 2 aromatic rings. The summed E-state index contributed by atoms with van der Waals surface area (Å²) >= 11 is 0.939. The Morgan fingerprint density at radius 3 is 2.37 bits per heavy atom. The van der Waals surface area contributed by atoms with Crippen LogP contribution in [0.2, 0.25) is 0 Å². The van der Waals surface area contributed by atoms with Crippen LogP contribution in [-0.4, -0.2) is 28.4 Å². The maximum absolute atomic E-state index is 14.6. The Hall–Kier alpha value is -2.68. The number of nitrogens with one attached hydrogen (secondary N) is 1. The van der Waals surface area contributed by atoms with Crippen molar-refractivity contribution in [3.8, 4) is 0 Å². The third kappa shape index (κ3) is 3.03. The highest BCUT2D eigenvalue weighted by Gasteiger charge is 2.71. The first-order chi connectivity index (χ1) is 14.0. The number of ketones is 1. The highest BCUT2D eigenvalue weighted by Crippen LogP contribution is 2.54. The third-order valence-electron chi connectivity index (χ3n) is 5.47. The molecule has 1 aromatic heterocycles. The van der Waals surface area contributed by atoms with E-state index in [0.717, 1.165) is 21.8 Å². The van der Waals surface area contributed by atoms with Gasteiger partial charge >= 0.3 is 6.18 Å². The van der Waals surface area contributed by atoms with Gasteiger partial charge in [0.1, 0.15) is 0 Å². The van der Waals surface area contributed by atoms with Crippen molar-refractivity contribution in [2.45, 2.75) is 45.3 Å². The first-order valence-electron chi connectivity index (χ1n) is 9.39. The van der Waals surface area contributed by atoms with Gasteiger partial charge in [0, 0.05) is 29.4 Å². The van der Waals surface area contributed by atoms with Gasteiger partial charge in [-0.2, -0.15) is 13.2 Å². The highest BCUT2D eigenvalue weighted by molar-refractivity contribution is 7.13. The van der Waals surface area contributed by atoms with E-state index in [1.807, 2.05) is 20.8 Å². The zero-order valence-electron chi connectivity index (χ0n) is 16.6. The van der Waals surface area contributed by atoms with Crippen LogP contribution in [0.15, 0.2) is 47.1 Å². The van der Waals surface area contributed by atoms with Crippen molar-refractivity contribution < 1.29 is 22.8 Å². The van der Waals surface area contributed by atoms with Crippen LogP contribution in [0, 0.1) is 12.3 Å². The minimum Gasteiger partial charge on any atom is -0.336 e. The summed E-state index contributed by atoms with van der Waals surface area (Å²) in [6.45, 7) is 5.47. The Morgan fingerprint density at radius 2 is 1.80 bits per heavy atom. The quantitative estimate of drug-likeness (QED) is 0.748. The molecule has 0 fully saturated rings. The number of aromatic nitrogens is 1. The molecular formula is C21H20F3N3O2S. The number of aryl methyl sites for hydroxylation is 1. The van der Waals surface area contributed by atoms with E-state index in [9.17, 15) is 22.8 Å². The van der Waals surface area contributed by atoms with E-state index in [0.29, 0.717) is 5.69 Å². The number of rotatable bonds is 3. The number of nitrogens with zero attached hydrogens (tertiary/aromatic N) is 2. The van der Waals surface area contributed by atoms with Crippen molar-refractivity contribution in [2.75, 3.05) is 10.2 Å². The molecule has 2 heterocycles. The van der Waals surface area contributed by atoms with Gasteiger partial charge < -0.3 is 5.32 Å². The fourth-order valence-electron chi connectivity index (χ4n) is 4.16. The summed E-state index contributed by atoms with van der Waals surface area (Å²) in [5, 5.41) is 3.74. The molecule has 1 aromatic carbocycles. The van der Waals surface area contributed by atoms with Gasteiger partial charge in [0.05, 0.1) is 5.57 Å². The van der Waals surface area contributed by atoms with Gasteiger partial charge in [-0.1, -0.05) is 31.5 Å². The Bertz CT molecular complexity index is 1040. The zero-order chi connectivity index (χ0) is 21.9. The summed E-state index contributed by atoms with van der Waals surface area (Å²) in [6.07, 6.45) is -3.61. The van der Waals surface area contributed by atoms with Gasteiger partial charge in [-0.05, 0) is 30.9 Å². The van der Waals surface area contributed by atoms with Gasteiger partial charge in [0.15, 0.2) is 10.9 Å². The van der Waals surface area contributed by atoms with Gasteiger partial charge in [-0.15, -0.1) is 11.3 Å². The lowest BCUT2D eigenvalue weighted by molar-refractivity contribution is -0.175. The molecule has 1 amide bonds. The molecule has 0 bridgehead atoms. The summed E-state index contributed by atoms with van der Waals surface area (Å²) in [7, 11) is 0. The number of carbonyl (C=O) groups excluding carboxylic acids is 2. The van der Waals surface area contributed by atoms with Crippen molar-refractivity contribution >= 4 is 33.8 Å². The fraction of sp³-hybridized carbons (Fsp3) is 0.381. The van der Waals surface area contributed by atoms with E-state index >= 15 is 0 Å². The van der Waals surface area contributed by atoms with Crippen molar-refractivity contribution in [1.82, 2.24) is 4.98 Å². The summed E-state index contributed by atoms with van der Waals surface area (Å²) in [6, 6.07) is 6.64. The molecule has 0 spiro atoms. The number of amides is 1. The largest absolute Gasteiger partial charge is 0.425 e. The predicted molar refractivity (Wildman–Crippen MR) is 108 cm³/mol. The number of benzene rings is 1. The van der Waals surface area contributed by atoms with Crippen LogP contribution in [-0.2, 0) is 9.59 Å². The van der Waals surface area contributed by atoms with E-state index in [4.69, 9.17) is 0 Å². The molecule has 1 aliphatic carbocycles. The van der Waals surface area contributed by atoms with Crippen LogP contribution in [0.1, 0.15) is 32.3 Å². The second-order valence-corrected chi connectivity index (χ2v) is 9.34. The maximum atomic E-state index is 14.6. The van der Waals surface area contributed by atoms with Crippen LogP contribution in [0.4, 0.5) is 24.0 Å². The molecule has 0 unspecified atom stereocenters. The number of hydrogen-bond donors (Lipinski definition) is 1. The molecule has 2 aliphatic rings. The Morgan fingerprint density at radius 1 is 1.13 bits per heavy atom. The molecule has 0 saturated heterocycles. The molecule has 0 saturated carbocycles. The van der Waals surface area contributed by atoms with Crippen molar-refractivity contribution in [2.24, 2.45) is 5.41 Å². The number of halogens is 3. The van der Waals surface area contributed by atoms with Gasteiger partial charge in [0.2, 0.25) is 5.54 Å². The summed E-state index contributed by atoms with van der Waals surface area (Å²) < 4.78 is 43.9. The number of allylic oxidation sites excluding steroid dienone is 1. The van der Waals surface area contributed by atoms with Gasteiger partial charge in [-0.25, -0.2) is 4.98 Å². The van der Waals surface area contributed by atoms with E-state index in [-0.39, 0.29) is 23.7 Å². The molecule has 5 nitrogen and oxygen atoms in total. The van der Waals surface area contributed by atoms with Crippen molar-refractivity contribution in [1.29, 1.82) is 0 Å². The third-order valence-corrected chi connectivity index (χ3v) is 6.15. The second-order valence-electron chi connectivity index (χ2n) is 8.45. The second kappa shape index (κ2) is 6.66. The minimum atomic E-state index is -5.05. The van der Waals surface area contributed by atoms with Crippen LogP contribution >= 0.6 is 11.3 Å². The lowest BCUT2D eigenvalue weighted by Crippen LogP contribution is -2.61. The lowest BCUT2D eigenvalue weighted by Gasteiger charge is -2.35. The minimum absolute atomic E-state index is 0.0712. The first kappa shape index (κ1) is 20.6. The number of thiazole rings is 1. The number of Topliss-reactive ketones (excluding diaryl/α,β-unsaturated/α-hetero) is 1. The van der Waals surface area contributed by atoms with Crippen molar-refractivity contribution in [3.05, 3.63) is 52.7 Å². The van der Waals surface area contributed by atoms with Crippen LogP contribution in [0.3, 0.4) is 0 Å². The zero-order valence-corrected chi connectivity index (χ0v) is 17.4. The maximum Gasteiger partial charge on any atom is 0.425 e. The molecule has 1 N–H and O–H groups in total. The average molecular weight is 435 g/mol. The predicted octanol–water partition coefficient (Wildman–Crippen LogP) is 4.85. The van der Waals surface area contributed by atoms with E-state index in [2.05, 4.69) is 10.3 Å². The molecular weight excluding hydrogens is 415 g/mol. The average Bonchev–Trinajstić information content (AvgIpc) is 3.20. The van der Waals surface area contributed by atoms with Crippen molar-refractivity contribution in [3.63, 3.8) is 0 Å². The summed E-state index contributed by atoms with van der Waals surface area (Å²) in [5.41, 5.74) is -2.94. The molecule has 4 rings (SSSR count). The Labute approximate surface area is 175 Å². The normalized spacial score (nSPS) is 23.7.